The fourth-order valence-electron chi connectivity index (χ4n) is 2.95. The third kappa shape index (κ3) is 4.10. The number of rotatable bonds is 6. The Morgan fingerprint density at radius 1 is 0.960 bits per heavy atom. The number of hydrogen-bond donors (Lipinski definition) is 0. The maximum Gasteiger partial charge on any atom is 0.232 e. The number of ketones is 1. The first kappa shape index (κ1) is 16.8. The fourth-order valence-corrected chi connectivity index (χ4v) is 2.95. The Labute approximate surface area is 147 Å². The van der Waals surface area contributed by atoms with Crippen LogP contribution in [0.4, 0.5) is 0 Å². The van der Waals surface area contributed by atoms with Crippen molar-refractivity contribution in [1.29, 1.82) is 0 Å². The van der Waals surface area contributed by atoms with E-state index in [0.29, 0.717) is 17.8 Å². The van der Waals surface area contributed by atoms with E-state index < -0.39 is 0 Å². The molecule has 0 bridgehead atoms. The highest BCUT2D eigenvalue weighted by Crippen LogP contribution is 2.26. The molecular formula is C21H20N2O2. The average Bonchev–Trinajstić information content (AvgIpc) is 3.08. The van der Waals surface area contributed by atoms with E-state index in [9.17, 15) is 9.59 Å². The molecule has 25 heavy (non-hydrogen) atoms. The van der Waals surface area contributed by atoms with Crippen molar-refractivity contribution in [2.75, 3.05) is 0 Å². The van der Waals surface area contributed by atoms with E-state index in [1.165, 1.54) is 0 Å². The van der Waals surface area contributed by atoms with Crippen LogP contribution in [0.25, 0.3) is 0 Å². The van der Waals surface area contributed by atoms with E-state index in [-0.39, 0.29) is 24.0 Å². The van der Waals surface area contributed by atoms with Gasteiger partial charge in [0.2, 0.25) is 5.91 Å². The highest BCUT2D eigenvalue weighted by Gasteiger charge is 2.21. The van der Waals surface area contributed by atoms with E-state index in [1.54, 1.807) is 23.9 Å². The van der Waals surface area contributed by atoms with Crippen LogP contribution in [0.3, 0.4) is 0 Å². The predicted octanol–water partition coefficient (Wildman–Crippen LogP) is 4.28. The van der Waals surface area contributed by atoms with E-state index >= 15 is 0 Å². The van der Waals surface area contributed by atoms with Gasteiger partial charge >= 0.3 is 0 Å². The molecule has 126 valence electrons. The highest BCUT2D eigenvalue weighted by molar-refractivity contribution is 5.97. The Kier molecular flexibility index (Phi) is 5.19. The Hall–Kier alpha value is -3.01. The van der Waals surface area contributed by atoms with Crippen molar-refractivity contribution >= 4 is 11.7 Å². The number of Topliss-reactive ketones (excluding diaryl/α,β-unsaturated/α-hetero) is 1. The summed E-state index contributed by atoms with van der Waals surface area (Å²) in [5.74, 6) is 0.490. The van der Waals surface area contributed by atoms with Gasteiger partial charge in [0, 0.05) is 30.8 Å². The average molecular weight is 332 g/mol. The Balaban J connectivity index is 1.82. The van der Waals surface area contributed by atoms with Gasteiger partial charge in [0.1, 0.15) is 5.82 Å². The standard InChI is InChI=1S/C21H20N2O2/c1-16-22-12-13-23(16)21(25)15-19(17-8-4-2-5-9-17)14-20(24)18-10-6-3-7-11-18/h2-13,19H,14-15H2,1H3/t19-/m1/s1. The molecule has 3 aromatic rings. The molecule has 3 rings (SSSR count). The number of nitrogens with zero attached hydrogens (tertiary/aromatic N) is 2. The van der Waals surface area contributed by atoms with Crippen molar-refractivity contribution in [3.05, 3.63) is 90.0 Å². The summed E-state index contributed by atoms with van der Waals surface area (Å²) in [4.78, 5) is 29.4. The number of aromatic nitrogens is 2. The lowest BCUT2D eigenvalue weighted by molar-refractivity contribution is 0.0881. The van der Waals surface area contributed by atoms with Crippen LogP contribution in [0, 0.1) is 6.92 Å². The van der Waals surface area contributed by atoms with Gasteiger partial charge < -0.3 is 0 Å². The second kappa shape index (κ2) is 7.71. The lowest BCUT2D eigenvalue weighted by Crippen LogP contribution is -2.17. The Morgan fingerprint density at radius 3 is 2.20 bits per heavy atom. The zero-order valence-electron chi connectivity index (χ0n) is 14.1. The van der Waals surface area contributed by atoms with Crippen molar-refractivity contribution in [3.63, 3.8) is 0 Å². The highest BCUT2D eigenvalue weighted by atomic mass is 16.2. The molecule has 1 atom stereocenters. The number of aryl methyl sites for hydroxylation is 1. The largest absolute Gasteiger partial charge is 0.294 e. The molecule has 4 nitrogen and oxygen atoms in total. The minimum absolute atomic E-state index is 0.0459. The molecule has 0 saturated heterocycles. The zero-order valence-corrected chi connectivity index (χ0v) is 14.1. The molecule has 0 amide bonds. The summed E-state index contributed by atoms with van der Waals surface area (Å²) >= 11 is 0. The Bertz CT molecular complexity index is 854. The molecule has 2 aromatic carbocycles. The zero-order chi connectivity index (χ0) is 17.6. The van der Waals surface area contributed by atoms with Gasteiger partial charge in [-0.3, -0.25) is 14.2 Å². The summed E-state index contributed by atoms with van der Waals surface area (Å²) in [5.41, 5.74) is 1.67. The van der Waals surface area contributed by atoms with Crippen LogP contribution >= 0.6 is 0 Å². The van der Waals surface area contributed by atoms with Gasteiger partial charge in [0.05, 0.1) is 0 Å². The third-order valence-electron chi connectivity index (χ3n) is 4.31. The quantitative estimate of drug-likeness (QED) is 0.633. The smallest absolute Gasteiger partial charge is 0.232 e. The van der Waals surface area contributed by atoms with Crippen molar-refractivity contribution in [2.45, 2.75) is 25.7 Å². The molecule has 0 fully saturated rings. The second-order valence-electron chi connectivity index (χ2n) is 6.04. The van der Waals surface area contributed by atoms with E-state index in [2.05, 4.69) is 4.98 Å². The van der Waals surface area contributed by atoms with Gasteiger partial charge in [-0.25, -0.2) is 4.98 Å². The molecule has 0 unspecified atom stereocenters. The van der Waals surface area contributed by atoms with Crippen LogP contribution in [0.1, 0.15) is 45.3 Å². The number of hydrogen-bond acceptors (Lipinski definition) is 3. The van der Waals surface area contributed by atoms with Crippen LogP contribution in [0.15, 0.2) is 73.1 Å². The normalized spacial score (nSPS) is 11.9. The van der Waals surface area contributed by atoms with Crippen LogP contribution in [-0.2, 0) is 0 Å². The third-order valence-corrected chi connectivity index (χ3v) is 4.31. The number of imidazole rings is 1. The molecule has 1 aromatic heterocycles. The molecule has 0 aliphatic heterocycles. The first-order chi connectivity index (χ1) is 12.1. The number of carbonyl (C=O) groups excluding carboxylic acids is 2. The summed E-state index contributed by atoms with van der Waals surface area (Å²) < 4.78 is 1.54. The van der Waals surface area contributed by atoms with Crippen molar-refractivity contribution < 1.29 is 9.59 Å². The van der Waals surface area contributed by atoms with Crippen LogP contribution < -0.4 is 0 Å². The van der Waals surface area contributed by atoms with Crippen molar-refractivity contribution in [2.24, 2.45) is 0 Å². The first-order valence-electron chi connectivity index (χ1n) is 8.31. The van der Waals surface area contributed by atoms with Gasteiger partial charge in [-0.05, 0) is 18.4 Å². The lowest BCUT2D eigenvalue weighted by atomic mass is 9.88. The molecule has 0 spiro atoms. The maximum atomic E-state index is 12.6. The van der Waals surface area contributed by atoms with Gasteiger partial charge in [0.15, 0.2) is 5.78 Å². The minimum Gasteiger partial charge on any atom is -0.294 e. The number of carbonyl (C=O) groups is 2. The van der Waals surface area contributed by atoms with Crippen LogP contribution in [-0.4, -0.2) is 21.2 Å². The number of benzene rings is 2. The topological polar surface area (TPSA) is 52.0 Å². The Morgan fingerprint density at radius 2 is 1.60 bits per heavy atom. The van der Waals surface area contributed by atoms with E-state index in [1.807, 2.05) is 60.7 Å². The molecule has 4 heteroatoms. The molecule has 1 heterocycles. The van der Waals surface area contributed by atoms with Gasteiger partial charge in [-0.15, -0.1) is 0 Å². The summed E-state index contributed by atoms with van der Waals surface area (Å²) in [6.07, 6.45) is 3.84. The summed E-state index contributed by atoms with van der Waals surface area (Å²) in [6, 6.07) is 18.9. The predicted molar refractivity (Wildman–Crippen MR) is 96.8 cm³/mol. The lowest BCUT2D eigenvalue weighted by Gasteiger charge is -2.17. The molecule has 0 radical (unpaired) electrons. The van der Waals surface area contributed by atoms with Gasteiger partial charge in [0.25, 0.3) is 0 Å². The molecule has 0 aliphatic carbocycles. The van der Waals surface area contributed by atoms with E-state index in [4.69, 9.17) is 0 Å². The SMILES string of the molecule is Cc1nccn1C(=O)C[C@@H](CC(=O)c1ccccc1)c1ccccc1. The maximum absolute atomic E-state index is 12.6. The van der Waals surface area contributed by atoms with Gasteiger partial charge in [-0.1, -0.05) is 60.7 Å². The monoisotopic (exact) mass is 332 g/mol. The van der Waals surface area contributed by atoms with Gasteiger partial charge in [-0.2, -0.15) is 0 Å². The van der Waals surface area contributed by atoms with Crippen molar-refractivity contribution in [1.82, 2.24) is 9.55 Å². The summed E-state index contributed by atoms with van der Waals surface area (Å²) in [6.45, 7) is 1.80. The molecule has 0 aliphatic rings. The van der Waals surface area contributed by atoms with Crippen LogP contribution in [0.2, 0.25) is 0 Å². The first-order valence-corrected chi connectivity index (χ1v) is 8.31. The van der Waals surface area contributed by atoms with Crippen LogP contribution in [0.5, 0.6) is 0 Å². The molecule has 0 N–H and O–H groups in total. The van der Waals surface area contributed by atoms with Crippen molar-refractivity contribution in [3.8, 4) is 0 Å². The minimum atomic E-state index is -0.164. The summed E-state index contributed by atoms with van der Waals surface area (Å²) in [7, 11) is 0. The summed E-state index contributed by atoms with van der Waals surface area (Å²) in [5, 5.41) is 0. The second-order valence-corrected chi connectivity index (χ2v) is 6.04. The molecule has 0 saturated carbocycles. The van der Waals surface area contributed by atoms with E-state index in [0.717, 1.165) is 5.56 Å². The molecular weight excluding hydrogens is 312 g/mol. The fraction of sp³-hybridized carbons (Fsp3) is 0.190.